The molecule has 20 heavy (non-hydrogen) atoms. The van der Waals surface area contributed by atoms with Crippen molar-refractivity contribution >= 4 is 43.2 Å². The zero-order valence-electron chi connectivity index (χ0n) is 10.2. The van der Waals surface area contributed by atoms with Crippen LogP contribution in [0.1, 0.15) is 5.56 Å². The number of anilines is 1. The predicted octanol–water partition coefficient (Wildman–Crippen LogP) is 3.40. The summed E-state index contributed by atoms with van der Waals surface area (Å²) in [6.07, 6.45) is 0. The third-order valence-corrected chi connectivity index (χ3v) is 4.78. The fourth-order valence-electron chi connectivity index (χ4n) is 1.55. The van der Waals surface area contributed by atoms with E-state index >= 15 is 0 Å². The molecule has 2 aromatic carbocycles. The Morgan fingerprint density at radius 1 is 1.15 bits per heavy atom. The van der Waals surface area contributed by atoms with E-state index in [0.29, 0.717) is 16.3 Å². The van der Waals surface area contributed by atoms with Crippen LogP contribution in [0.25, 0.3) is 0 Å². The highest BCUT2D eigenvalue weighted by molar-refractivity contribution is 9.10. The number of hydrogen-bond acceptors (Lipinski definition) is 3. The Labute approximate surface area is 130 Å². The molecule has 0 aliphatic rings. The molecule has 0 saturated carbocycles. The molecule has 0 amide bonds. The Bertz CT molecular complexity index is 717. The van der Waals surface area contributed by atoms with E-state index in [0.717, 1.165) is 4.47 Å². The van der Waals surface area contributed by atoms with Crippen LogP contribution in [-0.4, -0.2) is 13.5 Å². The van der Waals surface area contributed by atoms with Gasteiger partial charge >= 0.3 is 0 Å². The minimum absolute atomic E-state index is 0.105. The van der Waals surface area contributed by atoms with Gasteiger partial charge in [-0.2, -0.15) is 0 Å². The molecular weight excluding hydrogens is 366 g/mol. The molecule has 0 aromatic heterocycles. The molecule has 0 spiro atoms. The lowest BCUT2D eigenvalue weighted by Gasteiger charge is -2.10. The molecule has 0 bridgehead atoms. The fraction of sp³-hybridized carbons (Fsp3) is 0.0769. The Morgan fingerprint density at radius 2 is 1.80 bits per heavy atom. The van der Waals surface area contributed by atoms with Crippen molar-refractivity contribution in [3.8, 4) is 0 Å². The highest BCUT2D eigenvalue weighted by Gasteiger charge is 2.15. The molecule has 2 aromatic rings. The smallest absolute Gasteiger partial charge is 0.261 e. The topological polar surface area (TPSA) is 66.4 Å². The molecule has 0 fully saturated rings. The summed E-state index contributed by atoms with van der Waals surface area (Å²) in [5.74, 6) is 0. The van der Waals surface area contributed by atoms with E-state index in [4.69, 9.17) is 16.7 Å². The van der Waals surface area contributed by atoms with Crippen LogP contribution in [0.3, 0.4) is 0 Å². The average molecular weight is 377 g/mol. The van der Waals surface area contributed by atoms with Crippen LogP contribution in [0, 0.1) is 0 Å². The normalized spacial score (nSPS) is 11.3. The summed E-state index contributed by atoms with van der Waals surface area (Å²) >= 11 is 9.23. The first-order chi connectivity index (χ1) is 9.42. The standard InChI is InChI=1S/C13H11BrClNO3S/c14-10-3-6-13(12(15)7-10)16-20(18,19)11-4-1-9(8-17)2-5-11/h1-7,16-17H,8H2. The number of nitrogens with one attached hydrogen (secondary N) is 1. The van der Waals surface area contributed by atoms with Crippen molar-refractivity contribution in [2.75, 3.05) is 4.72 Å². The lowest BCUT2D eigenvalue weighted by atomic mass is 10.2. The minimum atomic E-state index is -3.71. The van der Waals surface area contributed by atoms with Crippen molar-refractivity contribution in [2.24, 2.45) is 0 Å². The van der Waals surface area contributed by atoms with E-state index in [2.05, 4.69) is 20.7 Å². The highest BCUT2D eigenvalue weighted by atomic mass is 79.9. The van der Waals surface area contributed by atoms with Crippen LogP contribution in [0.5, 0.6) is 0 Å². The van der Waals surface area contributed by atoms with Crippen LogP contribution >= 0.6 is 27.5 Å². The molecule has 7 heteroatoms. The Balaban J connectivity index is 2.30. The second kappa shape index (κ2) is 6.13. The fourth-order valence-corrected chi connectivity index (χ4v) is 3.41. The lowest BCUT2D eigenvalue weighted by Crippen LogP contribution is -2.13. The van der Waals surface area contributed by atoms with Crippen molar-refractivity contribution < 1.29 is 13.5 Å². The van der Waals surface area contributed by atoms with Crippen molar-refractivity contribution in [3.63, 3.8) is 0 Å². The number of aliphatic hydroxyl groups is 1. The molecule has 2 rings (SSSR count). The lowest BCUT2D eigenvalue weighted by molar-refractivity contribution is 0.282. The molecule has 0 aliphatic carbocycles. The number of sulfonamides is 1. The van der Waals surface area contributed by atoms with Crippen molar-refractivity contribution in [1.29, 1.82) is 0 Å². The molecule has 4 nitrogen and oxygen atoms in total. The van der Waals surface area contributed by atoms with Gasteiger partial charge in [-0.05, 0) is 35.9 Å². The molecule has 0 aliphatic heterocycles. The van der Waals surface area contributed by atoms with Gasteiger partial charge in [0.2, 0.25) is 0 Å². The van der Waals surface area contributed by atoms with Crippen LogP contribution in [0.2, 0.25) is 5.02 Å². The van der Waals surface area contributed by atoms with Crippen molar-refractivity contribution in [3.05, 3.63) is 57.5 Å². The predicted molar refractivity (Wildman–Crippen MR) is 82.3 cm³/mol. The quantitative estimate of drug-likeness (QED) is 0.859. The van der Waals surface area contributed by atoms with Crippen molar-refractivity contribution in [1.82, 2.24) is 0 Å². The summed E-state index contributed by atoms with van der Waals surface area (Å²) in [5.41, 5.74) is 0.951. The molecule has 0 heterocycles. The number of hydrogen-bond donors (Lipinski definition) is 2. The maximum absolute atomic E-state index is 12.2. The Kier molecular flexibility index (Phi) is 4.70. The van der Waals surface area contributed by atoms with Gasteiger partial charge in [0.15, 0.2) is 0 Å². The Morgan fingerprint density at radius 3 is 2.35 bits per heavy atom. The number of aliphatic hydroxyl groups excluding tert-OH is 1. The van der Waals surface area contributed by atoms with E-state index in [1.165, 1.54) is 12.1 Å². The SMILES string of the molecule is O=S(=O)(Nc1ccc(Br)cc1Cl)c1ccc(CO)cc1. The second-order valence-corrected chi connectivity index (χ2v) is 7.04. The minimum Gasteiger partial charge on any atom is -0.392 e. The molecule has 2 N–H and O–H groups in total. The zero-order chi connectivity index (χ0) is 14.8. The van der Waals surface area contributed by atoms with E-state index in [-0.39, 0.29) is 11.5 Å². The van der Waals surface area contributed by atoms with E-state index in [9.17, 15) is 8.42 Å². The first-order valence-corrected chi connectivity index (χ1v) is 8.25. The highest BCUT2D eigenvalue weighted by Crippen LogP contribution is 2.27. The third-order valence-electron chi connectivity index (χ3n) is 2.59. The Hall–Kier alpha value is -1.08. The van der Waals surface area contributed by atoms with Gasteiger partial charge in [-0.25, -0.2) is 8.42 Å². The van der Waals surface area contributed by atoms with Crippen LogP contribution in [0.4, 0.5) is 5.69 Å². The molecule has 0 unspecified atom stereocenters. The van der Waals surface area contributed by atoms with Gasteiger partial charge < -0.3 is 5.11 Å². The summed E-state index contributed by atoms with van der Waals surface area (Å²) in [6, 6.07) is 10.8. The van der Waals surface area contributed by atoms with E-state index in [1.807, 2.05) is 0 Å². The molecule has 0 radical (unpaired) electrons. The first kappa shape index (κ1) is 15.3. The van der Waals surface area contributed by atoms with E-state index in [1.54, 1.807) is 30.3 Å². The zero-order valence-corrected chi connectivity index (χ0v) is 13.3. The van der Waals surface area contributed by atoms with Gasteiger partial charge in [0.05, 0.1) is 22.2 Å². The third kappa shape index (κ3) is 3.52. The van der Waals surface area contributed by atoms with Gasteiger partial charge in [-0.3, -0.25) is 4.72 Å². The average Bonchev–Trinajstić information content (AvgIpc) is 2.42. The van der Waals surface area contributed by atoms with Crippen molar-refractivity contribution in [2.45, 2.75) is 11.5 Å². The number of rotatable bonds is 4. The monoisotopic (exact) mass is 375 g/mol. The van der Waals surface area contributed by atoms with E-state index < -0.39 is 10.0 Å². The second-order valence-electron chi connectivity index (χ2n) is 4.03. The molecular formula is C13H11BrClNO3S. The maximum atomic E-state index is 12.2. The largest absolute Gasteiger partial charge is 0.392 e. The van der Waals surface area contributed by atoms with Gasteiger partial charge in [0, 0.05) is 4.47 Å². The van der Waals surface area contributed by atoms with Gasteiger partial charge in [-0.1, -0.05) is 39.7 Å². The molecule has 0 saturated heterocycles. The van der Waals surface area contributed by atoms with Crippen LogP contribution in [0.15, 0.2) is 51.8 Å². The summed E-state index contributed by atoms with van der Waals surface area (Å²) in [6.45, 7) is -0.133. The molecule has 106 valence electrons. The van der Waals surface area contributed by atoms with Gasteiger partial charge in [-0.15, -0.1) is 0 Å². The first-order valence-electron chi connectivity index (χ1n) is 5.60. The van der Waals surface area contributed by atoms with Crippen LogP contribution in [-0.2, 0) is 16.6 Å². The number of benzene rings is 2. The molecule has 0 atom stereocenters. The summed E-state index contributed by atoms with van der Waals surface area (Å²) in [7, 11) is -3.71. The number of halogens is 2. The summed E-state index contributed by atoms with van der Waals surface area (Å²) in [4.78, 5) is 0.105. The van der Waals surface area contributed by atoms with Gasteiger partial charge in [0.25, 0.3) is 10.0 Å². The summed E-state index contributed by atoms with van der Waals surface area (Å²) < 4.78 is 27.6. The van der Waals surface area contributed by atoms with Crippen LogP contribution < -0.4 is 4.72 Å². The maximum Gasteiger partial charge on any atom is 0.261 e. The van der Waals surface area contributed by atoms with Gasteiger partial charge in [0.1, 0.15) is 0 Å². The summed E-state index contributed by atoms with van der Waals surface area (Å²) in [5, 5.41) is 9.24.